The predicted octanol–water partition coefficient (Wildman–Crippen LogP) is 3.15. The molecule has 1 saturated carbocycles. The number of hydrogen-bond acceptors (Lipinski definition) is 4. The first-order chi connectivity index (χ1) is 13.7. The lowest BCUT2D eigenvalue weighted by molar-refractivity contribution is -0.274. The Balaban J connectivity index is 1.68. The van der Waals surface area contributed by atoms with Gasteiger partial charge in [-0.3, -0.25) is 9.79 Å². The van der Waals surface area contributed by atoms with Crippen molar-refractivity contribution in [2.24, 2.45) is 16.8 Å². The van der Waals surface area contributed by atoms with Gasteiger partial charge in [0.25, 0.3) is 0 Å². The molecule has 4 atom stereocenters. The van der Waals surface area contributed by atoms with Crippen molar-refractivity contribution < 1.29 is 27.4 Å². The average Bonchev–Trinajstić information content (AvgIpc) is 3.31. The second kappa shape index (κ2) is 8.51. The summed E-state index contributed by atoms with van der Waals surface area (Å²) in [6.07, 6.45) is -4.04. The van der Waals surface area contributed by atoms with Crippen LogP contribution in [0.5, 0.6) is 5.75 Å². The zero-order valence-corrected chi connectivity index (χ0v) is 16.7. The van der Waals surface area contributed by atoms with Gasteiger partial charge in [-0.05, 0) is 30.9 Å². The van der Waals surface area contributed by atoms with Crippen molar-refractivity contribution in [3.63, 3.8) is 0 Å². The molecule has 29 heavy (non-hydrogen) atoms. The van der Waals surface area contributed by atoms with Crippen molar-refractivity contribution in [1.29, 1.82) is 0 Å². The van der Waals surface area contributed by atoms with E-state index in [4.69, 9.17) is 4.74 Å². The highest BCUT2D eigenvalue weighted by Crippen LogP contribution is 2.45. The third-order valence-electron chi connectivity index (χ3n) is 5.37. The second-order valence-electron chi connectivity index (χ2n) is 7.49. The van der Waals surface area contributed by atoms with E-state index in [0.29, 0.717) is 37.6 Å². The van der Waals surface area contributed by atoms with E-state index in [0.717, 1.165) is 0 Å². The fourth-order valence-corrected chi connectivity index (χ4v) is 3.85. The summed E-state index contributed by atoms with van der Waals surface area (Å²) in [5.74, 6) is 0.0868. The Morgan fingerprint density at radius 3 is 2.69 bits per heavy atom. The highest BCUT2D eigenvalue weighted by Gasteiger charge is 2.44. The van der Waals surface area contributed by atoms with E-state index in [1.54, 1.807) is 12.1 Å². The number of carbonyl (C=O) groups is 1. The number of rotatable bonds is 5. The lowest BCUT2D eigenvalue weighted by Crippen LogP contribution is -2.42. The summed E-state index contributed by atoms with van der Waals surface area (Å²) in [6, 6.07) is 6.19. The first kappa shape index (κ1) is 21.3. The van der Waals surface area contributed by atoms with Crippen LogP contribution in [0, 0.1) is 11.8 Å². The van der Waals surface area contributed by atoms with Gasteiger partial charge in [0.05, 0.1) is 13.0 Å². The minimum absolute atomic E-state index is 0.0363. The molecule has 6 nitrogen and oxygen atoms in total. The van der Waals surface area contributed by atoms with Gasteiger partial charge < -0.3 is 19.7 Å². The first-order valence-electron chi connectivity index (χ1n) is 9.72. The van der Waals surface area contributed by atoms with Gasteiger partial charge in [-0.15, -0.1) is 13.2 Å². The van der Waals surface area contributed by atoms with E-state index >= 15 is 0 Å². The number of carbonyl (C=O) groups excluding carboxylic acids is 1. The molecular weight excluding hydrogens is 387 g/mol. The van der Waals surface area contributed by atoms with Crippen molar-refractivity contribution in [2.45, 2.75) is 38.6 Å². The van der Waals surface area contributed by atoms with E-state index in [9.17, 15) is 18.0 Å². The highest BCUT2D eigenvalue weighted by atomic mass is 19.4. The first-order valence-corrected chi connectivity index (χ1v) is 9.72. The quantitative estimate of drug-likeness (QED) is 0.457. The van der Waals surface area contributed by atoms with Gasteiger partial charge in [-0.25, -0.2) is 0 Å². The molecule has 1 aliphatic carbocycles. The van der Waals surface area contributed by atoms with Crippen LogP contribution in [0.2, 0.25) is 0 Å². The summed E-state index contributed by atoms with van der Waals surface area (Å²) in [6.45, 7) is 5.63. The van der Waals surface area contributed by atoms with Crippen LogP contribution in [-0.2, 0) is 9.53 Å². The summed E-state index contributed by atoms with van der Waals surface area (Å²) in [7, 11) is 1.38. The van der Waals surface area contributed by atoms with Crippen LogP contribution in [0.15, 0.2) is 29.3 Å². The molecule has 0 radical (unpaired) electrons. The summed E-state index contributed by atoms with van der Waals surface area (Å²) < 4.78 is 47.1. The number of alkyl halides is 3. The third kappa shape index (κ3) is 5.13. The van der Waals surface area contributed by atoms with Gasteiger partial charge in [0, 0.05) is 31.6 Å². The smallest absolute Gasteiger partial charge is 0.469 e. The predicted molar refractivity (Wildman–Crippen MR) is 102 cm³/mol. The normalized spacial score (nSPS) is 27.0. The standard InChI is InChI=1S/C20H26F3N3O3/c1-4-24-19(26-10-12(2)15(11-26)18(27)28-3)25-16-9-14(16)13-7-5-6-8-17(13)29-20(21,22)23/h5-8,12,14-16H,4,9-11H2,1-3H3,(H,24,25). The van der Waals surface area contributed by atoms with Crippen molar-refractivity contribution in [2.75, 3.05) is 26.7 Å². The van der Waals surface area contributed by atoms with Crippen LogP contribution in [0.4, 0.5) is 13.2 Å². The van der Waals surface area contributed by atoms with E-state index in [-0.39, 0.29) is 35.5 Å². The Labute approximate surface area is 168 Å². The van der Waals surface area contributed by atoms with Crippen molar-refractivity contribution in [3.8, 4) is 5.75 Å². The molecule has 9 heteroatoms. The van der Waals surface area contributed by atoms with E-state index in [1.165, 1.54) is 19.2 Å². The molecule has 0 spiro atoms. The molecular formula is C20H26F3N3O3. The van der Waals surface area contributed by atoms with E-state index in [2.05, 4.69) is 15.0 Å². The number of hydrogen-bond donors (Lipinski definition) is 1. The molecule has 2 fully saturated rings. The number of nitrogens with one attached hydrogen (secondary N) is 1. The van der Waals surface area contributed by atoms with Crippen LogP contribution in [-0.4, -0.2) is 56.0 Å². The summed E-state index contributed by atoms with van der Waals surface area (Å²) >= 11 is 0. The topological polar surface area (TPSA) is 63.2 Å². The molecule has 1 heterocycles. The van der Waals surface area contributed by atoms with Gasteiger partial charge in [-0.1, -0.05) is 25.1 Å². The summed E-state index contributed by atoms with van der Waals surface area (Å²) in [5, 5.41) is 3.36. The Kier molecular flexibility index (Phi) is 6.24. The Morgan fingerprint density at radius 2 is 2.03 bits per heavy atom. The number of para-hydroxylation sites is 1. The highest BCUT2D eigenvalue weighted by molar-refractivity contribution is 5.83. The SMILES string of the molecule is CCN=C(NC1CC1c1ccccc1OC(F)(F)F)N1CC(C)C(C(=O)OC)C1. The van der Waals surface area contributed by atoms with Crippen LogP contribution in [0.1, 0.15) is 31.7 Å². The zero-order chi connectivity index (χ0) is 21.2. The number of likely N-dealkylation sites (tertiary alicyclic amines) is 1. The van der Waals surface area contributed by atoms with E-state index < -0.39 is 6.36 Å². The lowest BCUT2D eigenvalue weighted by Gasteiger charge is -2.22. The molecule has 0 aromatic heterocycles. The van der Waals surface area contributed by atoms with Crippen molar-refractivity contribution >= 4 is 11.9 Å². The molecule has 0 amide bonds. The van der Waals surface area contributed by atoms with Crippen LogP contribution in [0.3, 0.4) is 0 Å². The number of nitrogens with zero attached hydrogens (tertiary/aromatic N) is 2. The second-order valence-corrected chi connectivity index (χ2v) is 7.49. The lowest BCUT2D eigenvalue weighted by atomic mass is 9.99. The number of ether oxygens (including phenoxy) is 2. The Morgan fingerprint density at radius 1 is 1.31 bits per heavy atom. The summed E-state index contributed by atoms with van der Waals surface area (Å²) in [4.78, 5) is 18.5. The number of benzene rings is 1. The maximum Gasteiger partial charge on any atom is 0.573 e. The van der Waals surface area contributed by atoms with Gasteiger partial charge in [-0.2, -0.15) is 0 Å². The molecule has 2 aliphatic rings. The Bertz CT molecular complexity index is 769. The number of guanidine groups is 1. The Hall–Kier alpha value is -2.45. The molecule has 3 rings (SSSR count). The average molecular weight is 413 g/mol. The molecule has 4 unspecified atom stereocenters. The molecule has 1 aromatic rings. The molecule has 160 valence electrons. The van der Waals surface area contributed by atoms with Crippen LogP contribution < -0.4 is 10.1 Å². The molecule has 1 saturated heterocycles. The van der Waals surface area contributed by atoms with Gasteiger partial charge in [0.2, 0.25) is 0 Å². The molecule has 0 bridgehead atoms. The molecule has 1 aromatic carbocycles. The fraction of sp³-hybridized carbons (Fsp3) is 0.600. The fourth-order valence-electron chi connectivity index (χ4n) is 3.85. The van der Waals surface area contributed by atoms with Crippen molar-refractivity contribution in [1.82, 2.24) is 10.2 Å². The zero-order valence-electron chi connectivity index (χ0n) is 16.7. The summed E-state index contributed by atoms with van der Waals surface area (Å²) in [5.41, 5.74) is 0.528. The monoisotopic (exact) mass is 413 g/mol. The third-order valence-corrected chi connectivity index (χ3v) is 5.37. The molecule has 1 aliphatic heterocycles. The minimum Gasteiger partial charge on any atom is -0.469 e. The van der Waals surface area contributed by atoms with Crippen LogP contribution >= 0.6 is 0 Å². The molecule has 1 N–H and O–H groups in total. The number of aliphatic imine (C=N–C) groups is 1. The minimum atomic E-state index is -4.72. The van der Waals surface area contributed by atoms with Gasteiger partial charge >= 0.3 is 12.3 Å². The van der Waals surface area contributed by atoms with Gasteiger partial charge in [0.1, 0.15) is 5.75 Å². The van der Waals surface area contributed by atoms with Gasteiger partial charge in [0.15, 0.2) is 5.96 Å². The number of halogens is 3. The number of esters is 1. The maximum atomic E-state index is 12.7. The largest absolute Gasteiger partial charge is 0.573 e. The van der Waals surface area contributed by atoms with E-state index in [1.807, 2.05) is 18.7 Å². The van der Waals surface area contributed by atoms with Crippen molar-refractivity contribution in [3.05, 3.63) is 29.8 Å². The maximum absolute atomic E-state index is 12.7. The number of methoxy groups -OCH3 is 1. The van der Waals surface area contributed by atoms with Crippen LogP contribution in [0.25, 0.3) is 0 Å².